The number of nitrogens with zero attached hydrogens (tertiary/aromatic N) is 7. The summed E-state index contributed by atoms with van der Waals surface area (Å²) in [7, 11) is 0. The van der Waals surface area contributed by atoms with Crippen molar-refractivity contribution in [2.24, 2.45) is 0 Å². The molecule has 0 N–H and O–H groups in total. The maximum absolute atomic E-state index is 6.75. The van der Waals surface area contributed by atoms with Gasteiger partial charge in [0.15, 0.2) is 44.1 Å². The van der Waals surface area contributed by atoms with Gasteiger partial charge in [-0.1, -0.05) is 40.2 Å². The van der Waals surface area contributed by atoms with Crippen LogP contribution in [0.15, 0.2) is 85.8 Å². The van der Waals surface area contributed by atoms with Gasteiger partial charge in [0.25, 0.3) is 0 Å². The van der Waals surface area contributed by atoms with Crippen LogP contribution in [0.2, 0.25) is 0 Å². The molecule has 0 fully saturated rings. The van der Waals surface area contributed by atoms with E-state index < -0.39 is 6.10 Å². The molecule has 0 radical (unpaired) electrons. The summed E-state index contributed by atoms with van der Waals surface area (Å²) in [5.74, 6) is 1.45. The minimum atomic E-state index is -0.474. The van der Waals surface area contributed by atoms with E-state index >= 15 is 0 Å². The highest BCUT2D eigenvalue weighted by Crippen LogP contribution is 2.49. The molecule has 2 aromatic heterocycles. The molecule has 2 aromatic carbocycles. The number of hydrogen-bond donors (Lipinski definition) is 4. The van der Waals surface area contributed by atoms with Crippen molar-refractivity contribution in [3.8, 4) is 17.1 Å². The van der Waals surface area contributed by atoms with Crippen LogP contribution in [-0.2, 0) is 0 Å². The third-order valence-electron chi connectivity index (χ3n) is 5.83. The zero-order chi connectivity index (χ0) is 25.7. The minimum Gasteiger partial charge on any atom is -0.480 e. The molecule has 13 heteroatoms. The molecule has 8 nitrogen and oxygen atoms in total. The standard InChI is InChI=1S/C24H16BrN7OS4/c25-11-7-9-12(10-8-11)32-15-5-1-3-13(19-26-21(34)30-22(35)27-19)17(15)33-18-14(4-2-6-16(18)32)20-28-23(36)31-24(37)29-20/h1-10,15,17H,(H2,26,27,30,34,35)(H2,28,29,31,36,37). The van der Waals surface area contributed by atoms with Crippen LogP contribution in [0.1, 0.15) is 5.82 Å². The van der Waals surface area contributed by atoms with E-state index in [1.807, 2.05) is 42.5 Å². The maximum Gasteiger partial charge on any atom is 0.189 e. The number of halogens is 1. The second-order valence-corrected chi connectivity index (χ2v) is 10.6. The van der Waals surface area contributed by atoms with Gasteiger partial charge in [0, 0.05) is 15.7 Å². The predicted octanol–water partition coefficient (Wildman–Crippen LogP) is 5.56. The Morgan fingerprint density at radius 2 is 1.38 bits per heavy atom. The summed E-state index contributed by atoms with van der Waals surface area (Å²) >= 11 is 20.8. The number of fused-ring (bicyclic) bond motifs is 2. The molecule has 0 saturated heterocycles. The summed E-state index contributed by atoms with van der Waals surface area (Å²) in [6, 6.07) is 13.8. The van der Waals surface area contributed by atoms with Crippen molar-refractivity contribution in [2.75, 3.05) is 4.90 Å². The number of thiol groups is 4. The third kappa shape index (κ3) is 4.74. The zero-order valence-electron chi connectivity index (χ0n) is 18.6. The van der Waals surface area contributed by atoms with E-state index in [0.29, 0.717) is 23.0 Å². The van der Waals surface area contributed by atoms with Crippen molar-refractivity contribution in [1.29, 1.82) is 0 Å². The molecule has 184 valence electrons. The minimum absolute atomic E-state index is 0.202. The quantitative estimate of drug-likeness (QED) is 0.220. The number of rotatable bonds is 3. The second-order valence-electron chi connectivity index (χ2n) is 8.05. The van der Waals surface area contributed by atoms with Gasteiger partial charge in [-0.3, -0.25) is 0 Å². The van der Waals surface area contributed by atoms with Gasteiger partial charge < -0.3 is 9.64 Å². The van der Waals surface area contributed by atoms with E-state index in [1.54, 1.807) is 0 Å². The second kappa shape index (κ2) is 9.95. The molecular weight excluding hydrogens is 610 g/mol. The molecule has 0 spiro atoms. The first-order chi connectivity index (χ1) is 17.9. The number of benzene rings is 2. The SMILES string of the molecule is Sc1nc(S)nc(C2=CC=CC3C2Oc2c(-c4nc(S)nc(S)n4)cccc2N3c2ccc(Br)cc2)n1. The van der Waals surface area contributed by atoms with E-state index in [2.05, 4.69) is 119 Å². The molecule has 2 atom stereocenters. The maximum atomic E-state index is 6.75. The number of ether oxygens (including phenoxy) is 1. The number of hydrogen-bond acceptors (Lipinski definition) is 12. The molecule has 1 aliphatic heterocycles. The van der Waals surface area contributed by atoms with Gasteiger partial charge in [-0.2, -0.15) is 9.97 Å². The van der Waals surface area contributed by atoms with Crippen molar-refractivity contribution in [2.45, 2.75) is 32.8 Å². The Morgan fingerprint density at radius 3 is 2.03 bits per heavy atom. The average Bonchev–Trinajstić information content (AvgIpc) is 2.86. The summed E-state index contributed by atoms with van der Waals surface area (Å²) in [6.07, 6.45) is 5.53. The fourth-order valence-electron chi connectivity index (χ4n) is 4.38. The molecule has 1 aliphatic carbocycles. The fraction of sp³-hybridized carbons (Fsp3) is 0.0833. The molecule has 0 amide bonds. The van der Waals surface area contributed by atoms with Crippen molar-refractivity contribution < 1.29 is 4.74 Å². The normalized spacial score (nSPS) is 18.1. The zero-order valence-corrected chi connectivity index (χ0v) is 23.8. The first-order valence-electron chi connectivity index (χ1n) is 10.9. The lowest BCUT2D eigenvalue weighted by molar-refractivity contribution is 0.227. The number of aromatic nitrogens is 6. The monoisotopic (exact) mass is 625 g/mol. The number of allylic oxidation sites excluding steroid dienone is 2. The van der Waals surface area contributed by atoms with Crippen molar-refractivity contribution >= 4 is 83.4 Å². The molecule has 0 bridgehead atoms. The molecule has 2 unspecified atom stereocenters. The summed E-state index contributed by atoms with van der Waals surface area (Å²) in [5, 5.41) is 1.08. The molecular formula is C24H16BrN7OS4. The van der Waals surface area contributed by atoms with Gasteiger partial charge >= 0.3 is 0 Å². The Kier molecular flexibility index (Phi) is 6.65. The third-order valence-corrected chi connectivity index (χ3v) is 7.15. The van der Waals surface area contributed by atoms with Gasteiger partial charge in [0.05, 0.1) is 17.3 Å². The largest absolute Gasteiger partial charge is 0.480 e. The highest BCUT2D eigenvalue weighted by Gasteiger charge is 2.41. The first kappa shape index (κ1) is 24.7. The number of para-hydroxylation sites is 1. The van der Waals surface area contributed by atoms with E-state index in [9.17, 15) is 0 Å². The lowest BCUT2D eigenvalue weighted by atomic mass is 9.91. The Labute approximate surface area is 242 Å². The van der Waals surface area contributed by atoms with E-state index in [0.717, 1.165) is 21.4 Å². The summed E-state index contributed by atoms with van der Waals surface area (Å²) in [6.45, 7) is 0. The first-order valence-corrected chi connectivity index (χ1v) is 13.5. The summed E-state index contributed by atoms with van der Waals surface area (Å²) in [4.78, 5) is 28.1. The molecule has 6 rings (SSSR count). The van der Waals surface area contributed by atoms with Gasteiger partial charge in [-0.05, 0) is 36.4 Å². The Morgan fingerprint density at radius 1 is 0.757 bits per heavy atom. The Balaban J connectivity index is 1.56. The van der Waals surface area contributed by atoms with Gasteiger partial charge in [0.1, 0.15) is 0 Å². The van der Waals surface area contributed by atoms with Gasteiger partial charge in [-0.25, -0.2) is 19.9 Å². The van der Waals surface area contributed by atoms with Crippen molar-refractivity contribution in [3.05, 3.63) is 71.0 Å². The molecule has 4 aromatic rings. The van der Waals surface area contributed by atoms with Gasteiger partial charge in [-0.15, -0.1) is 50.5 Å². The van der Waals surface area contributed by atoms with Crippen LogP contribution >= 0.6 is 66.4 Å². The summed E-state index contributed by atoms with van der Waals surface area (Å²) in [5.41, 5.74) is 3.28. The van der Waals surface area contributed by atoms with Crippen LogP contribution in [0.25, 0.3) is 17.0 Å². The molecule has 3 heterocycles. The van der Waals surface area contributed by atoms with Crippen LogP contribution < -0.4 is 9.64 Å². The van der Waals surface area contributed by atoms with Crippen LogP contribution in [0.5, 0.6) is 5.75 Å². The van der Waals surface area contributed by atoms with E-state index in [1.165, 1.54) is 0 Å². The van der Waals surface area contributed by atoms with Crippen LogP contribution in [0, 0.1) is 0 Å². The lowest BCUT2D eigenvalue weighted by Gasteiger charge is -2.44. The van der Waals surface area contributed by atoms with E-state index in [-0.39, 0.29) is 26.7 Å². The van der Waals surface area contributed by atoms with Crippen LogP contribution in [-0.4, -0.2) is 42.0 Å². The van der Waals surface area contributed by atoms with Crippen LogP contribution in [0.4, 0.5) is 11.4 Å². The molecule has 0 saturated carbocycles. The number of anilines is 2. The van der Waals surface area contributed by atoms with Crippen molar-refractivity contribution in [1.82, 2.24) is 29.9 Å². The predicted molar refractivity (Wildman–Crippen MR) is 156 cm³/mol. The fourth-order valence-corrected chi connectivity index (χ4v) is 5.56. The lowest BCUT2D eigenvalue weighted by Crippen LogP contribution is -2.48. The Hall–Kier alpha value is -2.58. The Bertz CT molecular complexity index is 1560. The highest BCUT2D eigenvalue weighted by atomic mass is 79.9. The van der Waals surface area contributed by atoms with Crippen LogP contribution in [0.3, 0.4) is 0 Å². The summed E-state index contributed by atoms with van der Waals surface area (Å²) < 4.78 is 7.73. The van der Waals surface area contributed by atoms with Crippen molar-refractivity contribution in [3.63, 3.8) is 0 Å². The van der Waals surface area contributed by atoms with Gasteiger partial charge in [0.2, 0.25) is 0 Å². The highest BCUT2D eigenvalue weighted by molar-refractivity contribution is 9.10. The molecule has 2 aliphatic rings. The molecule has 37 heavy (non-hydrogen) atoms. The average molecular weight is 627 g/mol. The smallest absolute Gasteiger partial charge is 0.189 e. The van der Waals surface area contributed by atoms with E-state index in [4.69, 9.17) is 4.74 Å². The topological polar surface area (TPSA) is 89.8 Å².